The molecule has 0 radical (unpaired) electrons. The van der Waals surface area contributed by atoms with Crippen molar-refractivity contribution in [1.82, 2.24) is 5.43 Å². The van der Waals surface area contributed by atoms with E-state index in [0.29, 0.717) is 12.2 Å². The first kappa shape index (κ1) is 17.7. The smallest absolute Gasteiger partial charge is 0.271 e. The second-order valence-electron chi connectivity index (χ2n) is 6.11. The van der Waals surface area contributed by atoms with Crippen LogP contribution in [0.1, 0.15) is 28.8 Å². The Balaban J connectivity index is 1.52. The molecule has 1 aliphatic rings. The van der Waals surface area contributed by atoms with E-state index >= 15 is 0 Å². The molecule has 0 saturated carbocycles. The van der Waals surface area contributed by atoms with Crippen molar-refractivity contribution in [2.45, 2.75) is 12.8 Å². The summed E-state index contributed by atoms with van der Waals surface area (Å²) in [6, 6.07) is 15.1. The minimum Gasteiger partial charge on any atom is -0.490 e. The number of amides is 1. The minimum atomic E-state index is -0.222. The van der Waals surface area contributed by atoms with E-state index in [1.807, 2.05) is 48.5 Å². The molecule has 5 nitrogen and oxygen atoms in total. The van der Waals surface area contributed by atoms with Crippen molar-refractivity contribution < 1.29 is 9.53 Å². The Bertz CT molecular complexity index is 761. The predicted octanol–water partition coefficient (Wildman–Crippen LogP) is 3.62. The maximum Gasteiger partial charge on any atom is 0.271 e. The lowest BCUT2D eigenvalue weighted by Gasteiger charge is -2.17. The largest absolute Gasteiger partial charge is 0.490 e. The highest BCUT2D eigenvalue weighted by molar-refractivity contribution is 5.95. The summed E-state index contributed by atoms with van der Waals surface area (Å²) in [5, 5.41) is 4.02. The number of carbonyl (C=O) groups is 1. The highest BCUT2D eigenvalue weighted by Gasteiger charge is 2.12. The molecular weight excluding hydrogens is 326 g/mol. The second-order valence-corrected chi connectivity index (χ2v) is 6.11. The molecule has 3 rings (SSSR count). The number of nitrogens with one attached hydrogen (secondary N) is 1. The van der Waals surface area contributed by atoms with Gasteiger partial charge in [-0.25, -0.2) is 5.43 Å². The van der Waals surface area contributed by atoms with E-state index in [1.54, 1.807) is 12.3 Å². The van der Waals surface area contributed by atoms with Crippen LogP contribution < -0.4 is 15.1 Å². The molecule has 2 aromatic carbocycles. The van der Waals surface area contributed by atoms with E-state index in [1.165, 1.54) is 18.5 Å². The highest BCUT2D eigenvalue weighted by Crippen LogP contribution is 2.20. The third-order valence-corrected chi connectivity index (χ3v) is 4.23. The molecule has 0 spiro atoms. The third kappa shape index (κ3) is 4.72. The van der Waals surface area contributed by atoms with Gasteiger partial charge >= 0.3 is 0 Å². The Morgan fingerprint density at radius 1 is 1.12 bits per heavy atom. The number of carbonyl (C=O) groups excluding carboxylic acids is 1. The van der Waals surface area contributed by atoms with Crippen molar-refractivity contribution in [3.63, 3.8) is 0 Å². The molecule has 1 amide bonds. The van der Waals surface area contributed by atoms with Crippen LogP contribution >= 0.6 is 0 Å². The molecule has 1 fully saturated rings. The number of ether oxygens (including phenoxy) is 1. The first-order valence-electron chi connectivity index (χ1n) is 8.78. The van der Waals surface area contributed by atoms with Crippen molar-refractivity contribution in [2.75, 3.05) is 24.6 Å². The van der Waals surface area contributed by atoms with Gasteiger partial charge in [-0.05, 0) is 66.9 Å². The number of benzene rings is 2. The summed E-state index contributed by atoms with van der Waals surface area (Å²) in [4.78, 5) is 14.5. The zero-order valence-corrected chi connectivity index (χ0v) is 14.7. The Morgan fingerprint density at radius 3 is 2.46 bits per heavy atom. The van der Waals surface area contributed by atoms with E-state index in [2.05, 4.69) is 22.0 Å². The van der Waals surface area contributed by atoms with E-state index in [-0.39, 0.29) is 5.91 Å². The van der Waals surface area contributed by atoms with Crippen LogP contribution in [0, 0.1) is 0 Å². The van der Waals surface area contributed by atoms with E-state index in [9.17, 15) is 4.79 Å². The Kier molecular flexibility index (Phi) is 6.04. The Hall–Kier alpha value is -3.08. The standard InChI is InChI=1S/C21H23N3O2/c1-2-15-26-20-11-5-17(6-12-20)16-22-23-21(25)18-7-9-19(10-8-18)24-13-3-4-14-24/h2,5-12,16H,1,3-4,13-15H2,(H,23,25)/b22-16-. The quantitative estimate of drug-likeness (QED) is 0.472. The maximum absolute atomic E-state index is 12.2. The lowest BCUT2D eigenvalue weighted by atomic mass is 10.2. The fourth-order valence-corrected chi connectivity index (χ4v) is 2.83. The molecule has 0 atom stereocenters. The maximum atomic E-state index is 12.2. The molecule has 5 heteroatoms. The van der Waals surface area contributed by atoms with Crippen molar-refractivity contribution >= 4 is 17.8 Å². The summed E-state index contributed by atoms with van der Waals surface area (Å²) in [6.07, 6.45) is 5.77. The minimum absolute atomic E-state index is 0.222. The summed E-state index contributed by atoms with van der Waals surface area (Å²) >= 11 is 0. The summed E-state index contributed by atoms with van der Waals surface area (Å²) in [5.74, 6) is 0.546. The highest BCUT2D eigenvalue weighted by atomic mass is 16.5. The van der Waals surface area contributed by atoms with Crippen molar-refractivity contribution in [1.29, 1.82) is 0 Å². The lowest BCUT2D eigenvalue weighted by Crippen LogP contribution is -2.19. The zero-order valence-electron chi connectivity index (χ0n) is 14.7. The SMILES string of the molecule is C=CCOc1ccc(/C=N\NC(=O)c2ccc(N3CCCC3)cc2)cc1. The monoisotopic (exact) mass is 349 g/mol. The predicted molar refractivity (Wildman–Crippen MR) is 105 cm³/mol. The number of hydrogen-bond acceptors (Lipinski definition) is 4. The second kappa shape index (κ2) is 8.85. The van der Waals surface area contributed by atoms with Gasteiger partial charge in [0.15, 0.2) is 0 Å². The summed E-state index contributed by atoms with van der Waals surface area (Å²) in [6.45, 7) is 6.26. The van der Waals surface area contributed by atoms with Gasteiger partial charge in [0.1, 0.15) is 12.4 Å². The van der Waals surface area contributed by atoms with Crippen molar-refractivity contribution in [3.8, 4) is 5.75 Å². The van der Waals surface area contributed by atoms with Crippen LogP contribution in [0.25, 0.3) is 0 Å². The van der Waals surface area contributed by atoms with E-state index in [0.717, 1.165) is 24.4 Å². The van der Waals surface area contributed by atoms with Gasteiger partial charge < -0.3 is 9.64 Å². The molecule has 134 valence electrons. The van der Waals surface area contributed by atoms with Crippen LogP contribution in [0.3, 0.4) is 0 Å². The molecule has 1 saturated heterocycles. The molecule has 0 unspecified atom stereocenters. The normalized spacial score (nSPS) is 13.8. The number of rotatable bonds is 7. The van der Waals surface area contributed by atoms with Gasteiger partial charge in [0, 0.05) is 24.3 Å². The van der Waals surface area contributed by atoms with Gasteiger partial charge in [-0.2, -0.15) is 5.10 Å². The summed E-state index contributed by atoms with van der Waals surface area (Å²) in [5.41, 5.74) is 5.20. The fraction of sp³-hybridized carbons (Fsp3) is 0.238. The first-order valence-corrected chi connectivity index (χ1v) is 8.78. The molecule has 0 aromatic heterocycles. The van der Waals surface area contributed by atoms with E-state index in [4.69, 9.17) is 4.74 Å². The lowest BCUT2D eigenvalue weighted by molar-refractivity contribution is 0.0955. The van der Waals surface area contributed by atoms with Crippen LogP contribution in [-0.4, -0.2) is 31.8 Å². The van der Waals surface area contributed by atoms with Crippen molar-refractivity contribution in [3.05, 3.63) is 72.3 Å². The molecule has 0 aliphatic carbocycles. The van der Waals surface area contributed by atoms with Crippen LogP contribution in [0.2, 0.25) is 0 Å². The summed E-state index contributed by atoms with van der Waals surface area (Å²) < 4.78 is 5.42. The number of nitrogens with zero attached hydrogens (tertiary/aromatic N) is 2. The molecule has 1 aliphatic heterocycles. The van der Waals surface area contributed by atoms with Crippen LogP contribution in [0.4, 0.5) is 5.69 Å². The first-order chi connectivity index (χ1) is 12.8. The van der Waals surface area contributed by atoms with Gasteiger partial charge in [0.2, 0.25) is 0 Å². The molecule has 1 N–H and O–H groups in total. The number of hydrogen-bond donors (Lipinski definition) is 1. The van der Waals surface area contributed by atoms with Crippen LogP contribution in [0.5, 0.6) is 5.75 Å². The fourth-order valence-electron chi connectivity index (χ4n) is 2.83. The number of anilines is 1. The van der Waals surface area contributed by atoms with Gasteiger partial charge in [-0.1, -0.05) is 12.7 Å². The van der Waals surface area contributed by atoms with Crippen LogP contribution in [0.15, 0.2) is 66.3 Å². The molecule has 1 heterocycles. The molecule has 2 aromatic rings. The van der Waals surface area contributed by atoms with Crippen molar-refractivity contribution in [2.24, 2.45) is 5.10 Å². The van der Waals surface area contributed by atoms with Crippen LogP contribution in [-0.2, 0) is 0 Å². The molecular formula is C21H23N3O2. The van der Waals surface area contributed by atoms with Gasteiger partial charge in [0.25, 0.3) is 5.91 Å². The zero-order chi connectivity index (χ0) is 18.2. The molecule has 26 heavy (non-hydrogen) atoms. The van der Waals surface area contributed by atoms with Gasteiger partial charge in [-0.3, -0.25) is 4.79 Å². The third-order valence-electron chi connectivity index (χ3n) is 4.23. The number of hydrazone groups is 1. The van der Waals surface area contributed by atoms with Gasteiger partial charge in [-0.15, -0.1) is 0 Å². The Labute approximate surface area is 154 Å². The molecule has 0 bridgehead atoms. The van der Waals surface area contributed by atoms with Gasteiger partial charge in [0.05, 0.1) is 6.21 Å². The summed E-state index contributed by atoms with van der Waals surface area (Å²) in [7, 11) is 0. The topological polar surface area (TPSA) is 53.9 Å². The van der Waals surface area contributed by atoms with E-state index < -0.39 is 0 Å². The Morgan fingerprint density at radius 2 is 1.81 bits per heavy atom. The average molecular weight is 349 g/mol. The average Bonchev–Trinajstić information content (AvgIpc) is 3.22.